The molecule has 2 saturated heterocycles. The average molecular weight is 600 g/mol. The number of nitrogens with zero attached hydrogens (tertiary/aromatic N) is 7. The summed E-state index contributed by atoms with van der Waals surface area (Å²) in [7, 11) is 0. The Morgan fingerprint density at radius 2 is 1.95 bits per heavy atom. The third kappa shape index (κ3) is 6.81. The summed E-state index contributed by atoms with van der Waals surface area (Å²) in [5, 5.41) is 6.97. The highest BCUT2D eigenvalue weighted by Gasteiger charge is 2.36. The maximum absolute atomic E-state index is 14.0. The Morgan fingerprint density at radius 1 is 1.19 bits per heavy atom. The molecule has 3 aromatic heterocycles. The predicted octanol–water partition coefficient (Wildman–Crippen LogP) is 1.40. The van der Waals surface area contributed by atoms with E-state index < -0.39 is 17.6 Å². The SMILES string of the molecule is CC#CC(=O)NCC(=O)N1CCN(Cc2cc3c(N4CCOC[C@@H]4C)nc(-c4cnc(N)cc4C(F)(F)F)nn3c2)CC1. The molecule has 43 heavy (non-hydrogen) atoms. The van der Waals surface area contributed by atoms with Gasteiger partial charge in [0.25, 0.3) is 5.91 Å². The fourth-order valence-electron chi connectivity index (χ4n) is 5.21. The fraction of sp³-hybridized carbons (Fsp3) is 0.464. The van der Waals surface area contributed by atoms with Gasteiger partial charge in [-0.1, -0.05) is 5.92 Å². The number of hydrogen-bond acceptors (Lipinski definition) is 9. The van der Waals surface area contributed by atoms with Crippen molar-refractivity contribution in [3.63, 3.8) is 0 Å². The van der Waals surface area contributed by atoms with Crippen molar-refractivity contribution >= 4 is 29.0 Å². The first-order valence-electron chi connectivity index (χ1n) is 13.8. The number of rotatable bonds is 6. The van der Waals surface area contributed by atoms with Gasteiger partial charge < -0.3 is 25.6 Å². The number of hydrogen-bond donors (Lipinski definition) is 2. The minimum absolute atomic E-state index is 0.0605. The molecule has 5 heterocycles. The third-order valence-corrected chi connectivity index (χ3v) is 7.38. The number of nitrogens with two attached hydrogens (primary N) is 1. The molecule has 2 fully saturated rings. The zero-order valence-electron chi connectivity index (χ0n) is 23.8. The first-order valence-corrected chi connectivity index (χ1v) is 13.8. The van der Waals surface area contributed by atoms with Crippen LogP contribution in [0.15, 0.2) is 24.5 Å². The van der Waals surface area contributed by atoms with Gasteiger partial charge in [0, 0.05) is 51.7 Å². The number of ether oxygens (including phenoxy) is 1. The molecule has 3 N–H and O–H groups in total. The van der Waals surface area contributed by atoms with Crippen LogP contribution in [0.25, 0.3) is 16.9 Å². The number of alkyl halides is 3. The van der Waals surface area contributed by atoms with Crippen molar-refractivity contribution in [2.24, 2.45) is 0 Å². The first-order chi connectivity index (χ1) is 20.5. The van der Waals surface area contributed by atoms with Crippen LogP contribution >= 0.6 is 0 Å². The highest BCUT2D eigenvalue weighted by Crippen LogP contribution is 2.37. The molecule has 228 valence electrons. The van der Waals surface area contributed by atoms with Gasteiger partial charge in [0.15, 0.2) is 11.6 Å². The molecule has 15 heteroatoms. The van der Waals surface area contributed by atoms with Crippen LogP contribution in [0, 0.1) is 11.8 Å². The van der Waals surface area contributed by atoms with E-state index in [9.17, 15) is 22.8 Å². The van der Waals surface area contributed by atoms with Gasteiger partial charge in [-0.05, 0) is 37.5 Å². The number of morpholine rings is 1. The van der Waals surface area contributed by atoms with Gasteiger partial charge in [0.1, 0.15) is 11.3 Å². The van der Waals surface area contributed by atoms with Crippen LogP contribution in [-0.2, 0) is 27.0 Å². The van der Waals surface area contributed by atoms with Gasteiger partial charge in [0.2, 0.25) is 5.91 Å². The number of piperazine rings is 1. The molecule has 2 amide bonds. The van der Waals surface area contributed by atoms with E-state index >= 15 is 0 Å². The zero-order chi connectivity index (χ0) is 30.7. The van der Waals surface area contributed by atoms with Crippen LogP contribution in [0.4, 0.5) is 24.8 Å². The van der Waals surface area contributed by atoms with E-state index in [0.29, 0.717) is 63.8 Å². The van der Waals surface area contributed by atoms with Crippen molar-refractivity contribution in [2.45, 2.75) is 32.6 Å². The summed E-state index contributed by atoms with van der Waals surface area (Å²) in [4.78, 5) is 38.4. The maximum atomic E-state index is 14.0. The topological polar surface area (TPSA) is 134 Å². The number of carbonyl (C=O) groups excluding carboxylic acids is 2. The Labute approximate surface area is 246 Å². The average Bonchev–Trinajstić information content (AvgIpc) is 3.38. The summed E-state index contributed by atoms with van der Waals surface area (Å²) in [5.74, 6) is 4.30. The Bertz CT molecular complexity index is 1570. The van der Waals surface area contributed by atoms with Crippen LogP contribution in [0.3, 0.4) is 0 Å². The number of aromatic nitrogens is 4. The van der Waals surface area contributed by atoms with E-state index in [-0.39, 0.29) is 35.7 Å². The first kappa shape index (κ1) is 30.1. The molecule has 3 aromatic rings. The number of halogens is 3. The van der Waals surface area contributed by atoms with Crippen molar-refractivity contribution < 1.29 is 27.5 Å². The Balaban J connectivity index is 1.39. The molecule has 0 radical (unpaired) electrons. The zero-order valence-corrected chi connectivity index (χ0v) is 23.8. The fourth-order valence-corrected chi connectivity index (χ4v) is 5.21. The summed E-state index contributed by atoms with van der Waals surface area (Å²) >= 11 is 0. The lowest BCUT2D eigenvalue weighted by Crippen LogP contribution is -2.50. The minimum Gasteiger partial charge on any atom is -0.384 e. The minimum atomic E-state index is -4.68. The molecule has 0 spiro atoms. The second-order valence-corrected chi connectivity index (χ2v) is 10.4. The lowest BCUT2D eigenvalue weighted by atomic mass is 10.1. The van der Waals surface area contributed by atoms with Crippen LogP contribution in [-0.4, -0.2) is 99.7 Å². The normalized spacial score (nSPS) is 17.9. The van der Waals surface area contributed by atoms with Crippen molar-refractivity contribution in [1.82, 2.24) is 34.7 Å². The van der Waals surface area contributed by atoms with Gasteiger partial charge in [-0.15, -0.1) is 5.10 Å². The van der Waals surface area contributed by atoms with Gasteiger partial charge >= 0.3 is 6.18 Å². The van der Waals surface area contributed by atoms with E-state index in [4.69, 9.17) is 10.5 Å². The van der Waals surface area contributed by atoms with Gasteiger partial charge in [-0.25, -0.2) is 14.5 Å². The molecule has 0 unspecified atom stereocenters. The molecule has 2 aliphatic rings. The molecule has 0 aliphatic carbocycles. The van der Waals surface area contributed by atoms with Crippen LogP contribution in [0.5, 0.6) is 0 Å². The smallest absolute Gasteiger partial charge is 0.384 e. The van der Waals surface area contributed by atoms with Crippen molar-refractivity contribution in [3.05, 3.63) is 35.7 Å². The quantitative estimate of drug-likeness (QED) is 0.404. The Hall–Kier alpha value is -4.42. The summed E-state index contributed by atoms with van der Waals surface area (Å²) < 4.78 is 49.1. The summed E-state index contributed by atoms with van der Waals surface area (Å²) in [5.41, 5.74) is 5.91. The summed E-state index contributed by atoms with van der Waals surface area (Å²) in [6.07, 6.45) is -1.84. The van der Waals surface area contributed by atoms with E-state index in [0.717, 1.165) is 17.8 Å². The third-order valence-electron chi connectivity index (χ3n) is 7.38. The summed E-state index contributed by atoms with van der Waals surface area (Å²) in [6.45, 7) is 7.57. The highest BCUT2D eigenvalue weighted by molar-refractivity contribution is 5.95. The molecule has 0 saturated carbocycles. The van der Waals surface area contributed by atoms with Crippen molar-refractivity contribution in [3.8, 4) is 23.2 Å². The Kier molecular flexibility index (Phi) is 8.69. The molecular weight excluding hydrogens is 567 g/mol. The highest BCUT2D eigenvalue weighted by atomic mass is 19.4. The lowest BCUT2D eigenvalue weighted by molar-refractivity contribution is -0.137. The van der Waals surface area contributed by atoms with E-state index in [1.165, 1.54) is 0 Å². The number of nitrogens with one attached hydrogen (secondary N) is 1. The van der Waals surface area contributed by atoms with Gasteiger partial charge in [-0.2, -0.15) is 13.2 Å². The second kappa shape index (κ2) is 12.4. The monoisotopic (exact) mass is 599 g/mol. The number of pyridine rings is 1. The molecule has 0 aromatic carbocycles. The van der Waals surface area contributed by atoms with E-state index in [1.807, 2.05) is 17.9 Å². The van der Waals surface area contributed by atoms with Gasteiger partial charge in [-0.3, -0.25) is 14.5 Å². The summed E-state index contributed by atoms with van der Waals surface area (Å²) in [6, 6.07) is 2.67. The molecule has 2 aliphatic heterocycles. The predicted molar refractivity (Wildman–Crippen MR) is 152 cm³/mol. The number of anilines is 2. The van der Waals surface area contributed by atoms with E-state index in [2.05, 4.69) is 37.1 Å². The second-order valence-electron chi connectivity index (χ2n) is 10.4. The van der Waals surface area contributed by atoms with Crippen LogP contribution < -0.4 is 16.0 Å². The number of amides is 2. The Morgan fingerprint density at radius 3 is 2.65 bits per heavy atom. The van der Waals surface area contributed by atoms with E-state index in [1.54, 1.807) is 22.5 Å². The molecule has 1 atom stereocenters. The number of nitrogen functional groups attached to an aromatic ring is 1. The van der Waals surface area contributed by atoms with Crippen molar-refractivity contribution in [2.75, 3.05) is 63.1 Å². The number of fused-ring (bicyclic) bond motifs is 1. The molecular formula is C28H32F3N9O3. The van der Waals surface area contributed by atoms with Crippen molar-refractivity contribution in [1.29, 1.82) is 0 Å². The van der Waals surface area contributed by atoms with Gasteiger partial charge in [0.05, 0.1) is 36.9 Å². The standard InChI is InChI=1S/C28H32F3N9O3/c1-3-4-24(41)34-14-25(42)38-7-5-37(6-8-38)15-19-11-22-27(39-9-10-43-17-18(39)2)35-26(36-40(22)16-19)20-13-33-23(32)12-21(20)28(29,30)31/h11-13,16,18H,5-10,14-15,17H2,1-2H3,(H2,32,33)(H,34,41)/t18-/m0/s1. The maximum Gasteiger partial charge on any atom is 0.417 e. The van der Waals surface area contributed by atoms with Crippen LogP contribution in [0.2, 0.25) is 0 Å². The van der Waals surface area contributed by atoms with Crippen LogP contribution in [0.1, 0.15) is 25.0 Å². The molecule has 12 nitrogen and oxygen atoms in total. The molecule has 5 rings (SSSR count). The lowest BCUT2D eigenvalue weighted by Gasteiger charge is -2.34. The number of carbonyl (C=O) groups is 2. The molecule has 0 bridgehead atoms. The largest absolute Gasteiger partial charge is 0.417 e.